The molecule has 1 aromatic heterocycles. The van der Waals surface area contributed by atoms with E-state index in [-0.39, 0.29) is 12.3 Å². The number of thiazole rings is 1. The van der Waals surface area contributed by atoms with Gasteiger partial charge in [0.25, 0.3) is 0 Å². The lowest BCUT2D eigenvalue weighted by Gasteiger charge is -2.09. The van der Waals surface area contributed by atoms with Gasteiger partial charge in [-0.15, -0.1) is 11.3 Å². The Labute approximate surface area is 166 Å². The quantitative estimate of drug-likeness (QED) is 0.628. The molecule has 3 rings (SSSR count). The molecule has 27 heavy (non-hydrogen) atoms. The standard InChI is InChI=1S/C20H19ClN2O3S/c1-25-17-8-7-13(9-18(17)26-2)10-19(24)23-20-22-12-15(27-20)11-14-5-3-4-6-16(14)21/h3-9,12H,10-11H2,1-2H3,(H,22,23,24). The van der Waals surface area contributed by atoms with Crippen molar-refractivity contribution < 1.29 is 14.3 Å². The predicted molar refractivity (Wildman–Crippen MR) is 108 cm³/mol. The molecule has 1 N–H and O–H groups in total. The number of carbonyl (C=O) groups is 1. The van der Waals surface area contributed by atoms with Gasteiger partial charge < -0.3 is 14.8 Å². The summed E-state index contributed by atoms with van der Waals surface area (Å²) in [7, 11) is 3.14. The molecule has 2 aromatic carbocycles. The Balaban J connectivity index is 1.62. The third-order valence-electron chi connectivity index (χ3n) is 3.94. The number of nitrogens with zero attached hydrogens (tertiary/aromatic N) is 1. The van der Waals surface area contributed by atoms with Gasteiger partial charge in [-0.25, -0.2) is 4.98 Å². The number of rotatable bonds is 7. The molecule has 0 saturated heterocycles. The van der Waals surface area contributed by atoms with E-state index in [2.05, 4.69) is 10.3 Å². The summed E-state index contributed by atoms with van der Waals surface area (Å²) in [5.41, 5.74) is 1.86. The van der Waals surface area contributed by atoms with Gasteiger partial charge in [0.05, 0.1) is 20.6 Å². The molecule has 1 heterocycles. The van der Waals surface area contributed by atoms with Crippen LogP contribution in [0.3, 0.4) is 0 Å². The molecule has 0 spiro atoms. The molecule has 3 aromatic rings. The summed E-state index contributed by atoms with van der Waals surface area (Å²) in [5, 5.41) is 4.14. The van der Waals surface area contributed by atoms with E-state index in [1.165, 1.54) is 11.3 Å². The second-order valence-electron chi connectivity index (χ2n) is 5.81. The minimum Gasteiger partial charge on any atom is -0.493 e. The first-order chi connectivity index (χ1) is 13.1. The smallest absolute Gasteiger partial charge is 0.230 e. The van der Waals surface area contributed by atoms with Crippen LogP contribution in [-0.2, 0) is 17.6 Å². The predicted octanol–water partition coefficient (Wildman–Crippen LogP) is 4.59. The van der Waals surface area contributed by atoms with Crippen LogP contribution in [-0.4, -0.2) is 25.1 Å². The van der Waals surface area contributed by atoms with Crippen molar-refractivity contribution >= 4 is 34.0 Å². The van der Waals surface area contributed by atoms with Gasteiger partial charge >= 0.3 is 0 Å². The summed E-state index contributed by atoms with van der Waals surface area (Å²) in [5.74, 6) is 1.09. The van der Waals surface area contributed by atoms with E-state index in [0.29, 0.717) is 23.1 Å². The second kappa shape index (κ2) is 8.88. The molecule has 7 heteroatoms. The summed E-state index contributed by atoms with van der Waals surface area (Å²) in [6.45, 7) is 0. The van der Waals surface area contributed by atoms with Crippen molar-refractivity contribution in [1.29, 1.82) is 0 Å². The molecule has 0 aliphatic heterocycles. The molecule has 140 valence electrons. The van der Waals surface area contributed by atoms with Crippen molar-refractivity contribution in [1.82, 2.24) is 4.98 Å². The normalized spacial score (nSPS) is 10.5. The third kappa shape index (κ3) is 4.99. The van der Waals surface area contributed by atoms with Crippen LogP contribution >= 0.6 is 22.9 Å². The van der Waals surface area contributed by atoms with Crippen molar-refractivity contribution in [2.75, 3.05) is 19.5 Å². The Morgan fingerprint density at radius 3 is 2.67 bits per heavy atom. The van der Waals surface area contributed by atoms with Gasteiger partial charge in [-0.05, 0) is 29.3 Å². The summed E-state index contributed by atoms with van der Waals surface area (Å²) < 4.78 is 10.5. The van der Waals surface area contributed by atoms with E-state index in [1.807, 2.05) is 30.3 Å². The number of benzene rings is 2. The molecule has 0 aliphatic rings. The lowest BCUT2D eigenvalue weighted by Crippen LogP contribution is -2.14. The number of amides is 1. The fourth-order valence-corrected chi connectivity index (χ4v) is 3.67. The number of hydrogen-bond acceptors (Lipinski definition) is 5. The highest BCUT2D eigenvalue weighted by molar-refractivity contribution is 7.15. The van der Waals surface area contributed by atoms with Crippen molar-refractivity contribution in [3.63, 3.8) is 0 Å². The van der Waals surface area contributed by atoms with Crippen LogP contribution in [0.15, 0.2) is 48.7 Å². The van der Waals surface area contributed by atoms with Crippen LogP contribution in [0.2, 0.25) is 5.02 Å². The van der Waals surface area contributed by atoms with Crippen LogP contribution in [0.5, 0.6) is 11.5 Å². The highest BCUT2D eigenvalue weighted by Gasteiger charge is 2.11. The third-order valence-corrected chi connectivity index (χ3v) is 5.22. The minimum atomic E-state index is -0.138. The average molecular weight is 403 g/mol. The number of aromatic nitrogens is 1. The Morgan fingerprint density at radius 2 is 1.93 bits per heavy atom. The fourth-order valence-electron chi connectivity index (χ4n) is 2.62. The van der Waals surface area contributed by atoms with E-state index in [9.17, 15) is 4.79 Å². The number of anilines is 1. The number of methoxy groups -OCH3 is 2. The molecular weight excluding hydrogens is 384 g/mol. The van der Waals surface area contributed by atoms with Crippen LogP contribution < -0.4 is 14.8 Å². The maximum Gasteiger partial charge on any atom is 0.230 e. The van der Waals surface area contributed by atoms with Gasteiger partial charge in [-0.2, -0.15) is 0 Å². The largest absolute Gasteiger partial charge is 0.493 e. The van der Waals surface area contributed by atoms with Crippen molar-refractivity contribution in [2.24, 2.45) is 0 Å². The fraction of sp³-hybridized carbons (Fsp3) is 0.200. The highest BCUT2D eigenvalue weighted by atomic mass is 35.5. The zero-order chi connectivity index (χ0) is 19.2. The molecule has 0 bridgehead atoms. The monoisotopic (exact) mass is 402 g/mol. The van der Waals surface area contributed by atoms with Crippen molar-refractivity contribution in [3.8, 4) is 11.5 Å². The number of hydrogen-bond donors (Lipinski definition) is 1. The van der Waals surface area contributed by atoms with Gasteiger partial charge in [0, 0.05) is 22.5 Å². The van der Waals surface area contributed by atoms with Crippen LogP contribution in [0.1, 0.15) is 16.0 Å². The van der Waals surface area contributed by atoms with Gasteiger partial charge in [0.1, 0.15) is 0 Å². The topological polar surface area (TPSA) is 60.5 Å². The van der Waals surface area contributed by atoms with Gasteiger partial charge in [-0.3, -0.25) is 4.79 Å². The lowest BCUT2D eigenvalue weighted by atomic mass is 10.1. The molecule has 0 aliphatic carbocycles. The SMILES string of the molecule is COc1ccc(CC(=O)Nc2ncc(Cc3ccccc3Cl)s2)cc1OC. The molecular formula is C20H19ClN2O3S. The maximum absolute atomic E-state index is 12.3. The van der Waals surface area contributed by atoms with E-state index < -0.39 is 0 Å². The van der Waals surface area contributed by atoms with Crippen LogP contribution in [0.4, 0.5) is 5.13 Å². The lowest BCUT2D eigenvalue weighted by molar-refractivity contribution is -0.115. The molecule has 5 nitrogen and oxygen atoms in total. The molecule has 1 amide bonds. The van der Waals surface area contributed by atoms with Gasteiger partial charge in [0.2, 0.25) is 5.91 Å². The minimum absolute atomic E-state index is 0.138. The average Bonchev–Trinajstić information content (AvgIpc) is 3.10. The first kappa shape index (κ1) is 19.2. The van der Waals surface area contributed by atoms with E-state index in [0.717, 1.165) is 21.0 Å². The zero-order valence-corrected chi connectivity index (χ0v) is 16.6. The van der Waals surface area contributed by atoms with Crippen molar-refractivity contribution in [2.45, 2.75) is 12.8 Å². The molecule has 0 atom stereocenters. The molecule has 0 saturated carbocycles. The van der Waals surface area contributed by atoms with Gasteiger partial charge in [-0.1, -0.05) is 35.9 Å². The van der Waals surface area contributed by atoms with Gasteiger partial charge in [0.15, 0.2) is 16.6 Å². The Morgan fingerprint density at radius 1 is 1.15 bits per heavy atom. The Hall–Kier alpha value is -2.57. The number of carbonyl (C=O) groups excluding carboxylic acids is 1. The van der Waals surface area contributed by atoms with Crippen LogP contribution in [0.25, 0.3) is 0 Å². The second-order valence-corrected chi connectivity index (χ2v) is 7.34. The number of nitrogens with one attached hydrogen (secondary N) is 1. The summed E-state index contributed by atoms with van der Waals surface area (Å²) >= 11 is 7.64. The Bertz CT molecular complexity index is 942. The zero-order valence-electron chi connectivity index (χ0n) is 15.0. The number of halogens is 1. The number of ether oxygens (including phenoxy) is 2. The highest BCUT2D eigenvalue weighted by Crippen LogP contribution is 2.28. The first-order valence-electron chi connectivity index (χ1n) is 8.28. The van der Waals surface area contributed by atoms with Crippen LogP contribution in [0, 0.1) is 0 Å². The van der Waals surface area contributed by atoms with E-state index in [4.69, 9.17) is 21.1 Å². The summed E-state index contributed by atoms with van der Waals surface area (Å²) in [6.07, 6.45) is 2.67. The Kier molecular flexibility index (Phi) is 6.32. The van der Waals surface area contributed by atoms with Crippen molar-refractivity contribution in [3.05, 3.63) is 69.7 Å². The molecule has 0 radical (unpaired) electrons. The molecule has 0 unspecified atom stereocenters. The summed E-state index contributed by atoms with van der Waals surface area (Å²) in [4.78, 5) is 17.6. The molecule has 0 fully saturated rings. The summed E-state index contributed by atoms with van der Waals surface area (Å²) in [6, 6.07) is 13.1. The first-order valence-corrected chi connectivity index (χ1v) is 9.47. The van der Waals surface area contributed by atoms with E-state index >= 15 is 0 Å². The maximum atomic E-state index is 12.3. The van der Waals surface area contributed by atoms with E-state index in [1.54, 1.807) is 32.5 Å².